The lowest BCUT2D eigenvalue weighted by atomic mass is 10.7. The van der Waals surface area contributed by atoms with Gasteiger partial charge in [-0.25, -0.2) is 13.6 Å². The molecule has 0 aliphatic heterocycles. The fraction of sp³-hybridized carbons (Fsp3) is 0.750. The quantitative estimate of drug-likeness (QED) is 0.597. The fourth-order valence-electron chi connectivity index (χ4n) is 0.364. The van der Waals surface area contributed by atoms with Gasteiger partial charge in [0, 0.05) is 0 Å². The summed E-state index contributed by atoms with van der Waals surface area (Å²) in [5, 5.41) is 0. The Hall–Kier alpha value is -0.760. The minimum Gasteiger partial charge on any atom is -0.344 e. The molecule has 0 spiro atoms. The number of rotatable bonds is 4. The first-order valence-corrected chi connectivity index (χ1v) is 4.38. The van der Waals surface area contributed by atoms with Crippen molar-refractivity contribution in [1.82, 2.24) is 0 Å². The third-order valence-corrected chi connectivity index (χ3v) is 1.82. The molecule has 0 rings (SSSR count). The number of hydrogen-bond acceptors (Lipinski definition) is 5. The molecule has 0 aromatic carbocycles. The van der Waals surface area contributed by atoms with Crippen LogP contribution in [0.4, 0.5) is 8.78 Å². The highest BCUT2D eigenvalue weighted by Crippen LogP contribution is 2.01. The van der Waals surface area contributed by atoms with Crippen LogP contribution in [0.15, 0.2) is 0 Å². The van der Waals surface area contributed by atoms with Gasteiger partial charge in [0.25, 0.3) is 6.43 Å². The molecular formula is C4H7F2NO4S. The van der Waals surface area contributed by atoms with Gasteiger partial charge in [0.1, 0.15) is 5.75 Å². The van der Waals surface area contributed by atoms with Gasteiger partial charge in [0.2, 0.25) is 0 Å². The normalized spacial score (nSPS) is 11.7. The third kappa shape index (κ3) is 4.97. The maximum Gasteiger partial charge on any atom is 0.335 e. The Bertz CT molecular complexity index is 250. The van der Waals surface area contributed by atoms with E-state index in [0.717, 1.165) is 0 Å². The number of carbonyl (C=O) groups excluding carboxylic acids is 1. The summed E-state index contributed by atoms with van der Waals surface area (Å²) in [6, 6.07) is 0. The second-order valence-corrected chi connectivity index (χ2v) is 3.39. The van der Waals surface area contributed by atoms with Gasteiger partial charge in [-0.2, -0.15) is 8.42 Å². The Kier molecular flexibility index (Phi) is 4.04. The van der Waals surface area contributed by atoms with E-state index in [2.05, 4.69) is 9.92 Å². The number of hydrogen-bond donors (Lipinski definition) is 1. The molecule has 0 aromatic rings. The van der Waals surface area contributed by atoms with Crippen LogP contribution in [0.25, 0.3) is 0 Å². The molecule has 12 heavy (non-hydrogen) atoms. The second-order valence-electron chi connectivity index (χ2n) is 1.77. The van der Waals surface area contributed by atoms with Crippen molar-refractivity contribution in [2.45, 2.75) is 6.43 Å². The van der Waals surface area contributed by atoms with Crippen molar-refractivity contribution < 1.29 is 26.2 Å². The largest absolute Gasteiger partial charge is 0.344 e. The maximum atomic E-state index is 11.5. The Morgan fingerprint density at radius 2 is 2.00 bits per heavy atom. The van der Waals surface area contributed by atoms with Crippen molar-refractivity contribution in [3.05, 3.63) is 0 Å². The maximum absolute atomic E-state index is 11.5. The molecular weight excluding hydrogens is 196 g/mol. The van der Waals surface area contributed by atoms with Gasteiger partial charge in [-0.05, 0) is 0 Å². The van der Waals surface area contributed by atoms with Crippen LogP contribution in [-0.4, -0.2) is 33.1 Å². The highest BCUT2D eigenvalue weighted by molar-refractivity contribution is 7.87. The van der Waals surface area contributed by atoms with Crippen molar-refractivity contribution in [3.8, 4) is 0 Å². The Morgan fingerprint density at radius 1 is 1.50 bits per heavy atom. The van der Waals surface area contributed by atoms with Gasteiger partial charge in [-0.15, -0.1) is 0 Å². The Labute approximate surface area is 67.6 Å². The van der Waals surface area contributed by atoms with Crippen LogP contribution in [0.2, 0.25) is 0 Å². The zero-order chi connectivity index (χ0) is 9.78. The van der Waals surface area contributed by atoms with E-state index in [-0.39, 0.29) is 0 Å². The second kappa shape index (κ2) is 4.31. The first kappa shape index (κ1) is 11.2. The lowest BCUT2D eigenvalue weighted by Gasteiger charge is -2.02. The van der Waals surface area contributed by atoms with Crippen molar-refractivity contribution >= 4 is 16.1 Å². The SMILES string of the molecule is NCC(=O)OS(=O)(=O)CC(F)F. The fourth-order valence-corrected chi connectivity index (χ4v) is 1.09. The van der Waals surface area contributed by atoms with Crippen LogP contribution in [-0.2, 0) is 19.1 Å². The monoisotopic (exact) mass is 203 g/mol. The van der Waals surface area contributed by atoms with E-state index in [1.54, 1.807) is 0 Å². The average molecular weight is 203 g/mol. The van der Waals surface area contributed by atoms with Gasteiger partial charge in [0.15, 0.2) is 0 Å². The van der Waals surface area contributed by atoms with E-state index in [1.165, 1.54) is 0 Å². The average Bonchev–Trinajstić information content (AvgIpc) is 1.83. The van der Waals surface area contributed by atoms with E-state index >= 15 is 0 Å². The number of halogens is 2. The van der Waals surface area contributed by atoms with E-state index in [4.69, 9.17) is 0 Å². The summed E-state index contributed by atoms with van der Waals surface area (Å²) >= 11 is 0. The molecule has 2 N–H and O–H groups in total. The molecule has 0 atom stereocenters. The van der Waals surface area contributed by atoms with Crippen LogP contribution < -0.4 is 5.73 Å². The topological polar surface area (TPSA) is 86.5 Å². The van der Waals surface area contributed by atoms with Gasteiger partial charge in [-0.1, -0.05) is 0 Å². The molecule has 0 amide bonds. The van der Waals surface area contributed by atoms with Crippen LogP contribution in [0.3, 0.4) is 0 Å². The smallest absolute Gasteiger partial charge is 0.335 e. The molecule has 0 saturated heterocycles. The van der Waals surface area contributed by atoms with E-state index < -0.39 is 34.8 Å². The first-order valence-electron chi connectivity index (χ1n) is 2.80. The lowest BCUT2D eigenvalue weighted by Crippen LogP contribution is -2.24. The van der Waals surface area contributed by atoms with Gasteiger partial charge in [0.05, 0.1) is 6.54 Å². The highest BCUT2D eigenvalue weighted by atomic mass is 32.2. The summed E-state index contributed by atoms with van der Waals surface area (Å²) in [5.74, 6) is -2.76. The van der Waals surface area contributed by atoms with Crippen molar-refractivity contribution in [1.29, 1.82) is 0 Å². The van der Waals surface area contributed by atoms with E-state index in [1.807, 2.05) is 0 Å². The molecule has 0 fully saturated rings. The zero-order valence-electron chi connectivity index (χ0n) is 5.87. The van der Waals surface area contributed by atoms with E-state index in [9.17, 15) is 22.0 Å². The molecule has 0 aromatic heterocycles. The molecule has 5 nitrogen and oxygen atoms in total. The molecule has 0 bridgehead atoms. The van der Waals surface area contributed by atoms with Crippen molar-refractivity contribution in [3.63, 3.8) is 0 Å². The molecule has 0 radical (unpaired) electrons. The summed E-state index contributed by atoms with van der Waals surface area (Å²) in [5.41, 5.74) is 4.68. The molecule has 0 saturated carbocycles. The molecule has 0 unspecified atom stereocenters. The predicted molar refractivity (Wildman–Crippen MR) is 34.9 cm³/mol. The lowest BCUT2D eigenvalue weighted by molar-refractivity contribution is -0.132. The van der Waals surface area contributed by atoms with Crippen molar-refractivity contribution in [2.24, 2.45) is 5.73 Å². The minimum atomic E-state index is -4.47. The molecule has 8 heteroatoms. The zero-order valence-corrected chi connectivity index (χ0v) is 6.68. The van der Waals surface area contributed by atoms with Crippen LogP contribution in [0.1, 0.15) is 0 Å². The molecule has 0 aliphatic carbocycles. The summed E-state index contributed by atoms with van der Waals surface area (Å²) in [7, 11) is -4.47. The number of alkyl halides is 2. The summed E-state index contributed by atoms with van der Waals surface area (Å²) in [6.07, 6.45) is -3.07. The minimum absolute atomic E-state index is 0.664. The third-order valence-electron chi connectivity index (χ3n) is 0.717. The van der Waals surface area contributed by atoms with Gasteiger partial charge in [-0.3, -0.25) is 0 Å². The number of nitrogens with two attached hydrogens (primary N) is 1. The Morgan fingerprint density at radius 3 is 2.33 bits per heavy atom. The van der Waals surface area contributed by atoms with Gasteiger partial charge >= 0.3 is 16.1 Å². The summed E-state index contributed by atoms with van der Waals surface area (Å²) < 4.78 is 47.5. The number of carbonyl (C=O) groups is 1. The Balaban J connectivity index is 4.15. The first-order chi connectivity index (χ1) is 5.37. The van der Waals surface area contributed by atoms with Crippen LogP contribution in [0, 0.1) is 0 Å². The van der Waals surface area contributed by atoms with Crippen molar-refractivity contribution in [2.75, 3.05) is 12.3 Å². The summed E-state index contributed by atoms with van der Waals surface area (Å²) in [4.78, 5) is 10.2. The van der Waals surface area contributed by atoms with E-state index in [0.29, 0.717) is 0 Å². The molecule has 0 heterocycles. The molecule has 0 aliphatic rings. The van der Waals surface area contributed by atoms with Crippen LogP contribution in [0.5, 0.6) is 0 Å². The standard InChI is InChI=1S/C4H7F2NO4S/c5-3(6)2-12(9,10)11-4(8)1-7/h3H,1-2,7H2. The van der Waals surface area contributed by atoms with Crippen LogP contribution >= 0.6 is 0 Å². The molecule has 72 valence electrons. The summed E-state index contributed by atoms with van der Waals surface area (Å²) in [6.45, 7) is -0.664. The highest BCUT2D eigenvalue weighted by Gasteiger charge is 2.21. The predicted octanol–water partition coefficient (Wildman–Crippen LogP) is -0.917. The van der Waals surface area contributed by atoms with Gasteiger partial charge < -0.3 is 9.92 Å².